The number of unbranched alkanes of at least 4 members (excludes halogenated alkanes) is 18. The molecule has 0 fully saturated rings. The molecule has 0 unspecified atom stereocenters. The molecule has 2 amide bonds. The number of ether oxygens (including phenoxy) is 1. The maximum atomic E-state index is 13.9. The number of nitrogens with one attached hydrogen (secondary N) is 2. The van der Waals surface area contributed by atoms with Crippen LogP contribution >= 0.6 is 0 Å². The highest BCUT2D eigenvalue weighted by Crippen LogP contribution is 2.45. The second-order valence-electron chi connectivity index (χ2n) is 28.9. The summed E-state index contributed by atoms with van der Waals surface area (Å²) in [5.74, 6) is 0.141. The van der Waals surface area contributed by atoms with Gasteiger partial charge in [-0.3, -0.25) is 4.79 Å². The fraction of sp³-hybridized carbons (Fsp3) is 0.800. The van der Waals surface area contributed by atoms with Crippen LogP contribution in [0.3, 0.4) is 0 Å². The maximum Gasteiger partial charge on any atom is 0.407 e. The lowest BCUT2D eigenvalue weighted by Gasteiger charge is -2.35. The molecule has 11 N–H and O–H groups in total. The minimum atomic E-state index is -0.414. The van der Waals surface area contributed by atoms with Gasteiger partial charge in [0.15, 0.2) is 0 Å². The zero-order chi connectivity index (χ0) is 68.0. The Kier molecular flexibility index (Phi) is 49.1. The van der Waals surface area contributed by atoms with Crippen molar-refractivity contribution in [1.82, 2.24) is 10.6 Å². The van der Waals surface area contributed by atoms with Crippen molar-refractivity contribution in [1.29, 1.82) is 0 Å². The fourth-order valence-electron chi connectivity index (χ4n) is 16.1. The van der Waals surface area contributed by atoms with E-state index in [0.717, 1.165) is 271 Å². The van der Waals surface area contributed by atoms with E-state index in [2.05, 4.69) is 41.0 Å². The predicted molar refractivity (Wildman–Crippen MR) is 388 cm³/mol. The molecule has 0 aromatic heterocycles. The number of hydrogen-bond acceptors (Lipinski definition) is 12. The van der Waals surface area contributed by atoms with Crippen molar-refractivity contribution < 1.29 is 60.3 Å². The van der Waals surface area contributed by atoms with Crippen LogP contribution in [0.25, 0.3) is 21.5 Å². The number of carbonyl (C=O) groups is 2. The molecular formula is C80H140N2O12. The first-order valence-electron chi connectivity index (χ1n) is 38.6. The molecule has 0 spiro atoms. The van der Waals surface area contributed by atoms with Crippen LogP contribution in [0.15, 0.2) is 54.6 Å². The second-order valence-corrected chi connectivity index (χ2v) is 28.9. The number of alkyl carbamates (subject to hydrolysis) is 1. The van der Waals surface area contributed by atoms with Gasteiger partial charge < -0.3 is 61.3 Å². The lowest BCUT2D eigenvalue weighted by Crippen LogP contribution is -2.28. The van der Waals surface area contributed by atoms with Crippen molar-refractivity contribution in [2.45, 2.75) is 315 Å². The third-order valence-electron chi connectivity index (χ3n) is 21.6. The van der Waals surface area contributed by atoms with E-state index in [-0.39, 0.29) is 93.6 Å². The highest BCUT2D eigenvalue weighted by molar-refractivity contribution is 6.02. The summed E-state index contributed by atoms with van der Waals surface area (Å²) in [4.78, 5) is 26.8. The van der Waals surface area contributed by atoms with Gasteiger partial charge in [-0.25, -0.2) is 4.79 Å². The van der Waals surface area contributed by atoms with Crippen molar-refractivity contribution in [2.24, 2.45) is 21.7 Å². The molecule has 94 heavy (non-hydrogen) atoms. The Morgan fingerprint density at radius 3 is 0.840 bits per heavy atom. The Labute approximate surface area is 571 Å². The van der Waals surface area contributed by atoms with Crippen LogP contribution in [0.2, 0.25) is 0 Å². The lowest BCUT2D eigenvalue weighted by molar-refractivity contribution is -0.121. The van der Waals surface area contributed by atoms with E-state index in [1.807, 2.05) is 24.3 Å². The molecule has 0 saturated heterocycles. The van der Waals surface area contributed by atoms with Crippen LogP contribution in [0.5, 0.6) is 0 Å². The molecule has 0 bridgehead atoms. The zero-order valence-corrected chi connectivity index (χ0v) is 59.4. The zero-order valence-electron chi connectivity index (χ0n) is 59.4. The number of amides is 2. The van der Waals surface area contributed by atoms with Crippen LogP contribution in [-0.4, -0.2) is 131 Å². The summed E-state index contributed by atoms with van der Waals surface area (Å²) in [7, 11) is 0. The van der Waals surface area contributed by atoms with E-state index in [1.54, 1.807) is 0 Å². The number of rotatable bonds is 66. The van der Waals surface area contributed by atoms with Crippen LogP contribution in [0, 0.1) is 21.7 Å². The van der Waals surface area contributed by atoms with Gasteiger partial charge in [0.05, 0.1) is 0 Å². The van der Waals surface area contributed by atoms with Crippen LogP contribution < -0.4 is 10.6 Å². The summed E-state index contributed by atoms with van der Waals surface area (Å²) in [6, 6.07) is 18.6. The van der Waals surface area contributed by atoms with Gasteiger partial charge in [0, 0.05) is 84.5 Å². The standard InChI is InChI=1S/C80H140N2O12/c83-59-27-47-77(48-28-60-84,49-29-61-85)41-19-7-1-4-10-22-44-80(45-23-11-5-2-8-20-42-78(50-30-62-86,51-31-63-87)52-32-64-88,46-24-12-6-3-9-21-43-79(53-33-65-89,54-34-66-90)55-35-67-91)56-40-75(92)81-57-25-13-14-26-58-82-76(93)94-69-74-72-38-17-15-36-70(72)68-71-37-16-18-39-73(71)74/h15-18,36-39,68,83-91H,1-14,19-35,40-67,69H2,(H,81,92)(H,82,93). The molecule has 0 atom stereocenters. The molecule has 14 nitrogen and oxygen atoms in total. The summed E-state index contributed by atoms with van der Waals surface area (Å²) < 4.78 is 5.76. The predicted octanol–water partition coefficient (Wildman–Crippen LogP) is 16.9. The largest absolute Gasteiger partial charge is 0.445 e. The van der Waals surface area contributed by atoms with Crippen molar-refractivity contribution in [3.8, 4) is 0 Å². The van der Waals surface area contributed by atoms with Crippen LogP contribution in [-0.2, 0) is 16.1 Å². The van der Waals surface area contributed by atoms with E-state index >= 15 is 0 Å². The number of carbonyl (C=O) groups excluding carboxylic acids is 2. The average Bonchev–Trinajstić information content (AvgIpc) is 0.937. The summed E-state index contributed by atoms with van der Waals surface area (Å²) in [5.41, 5.74) is 1.29. The Morgan fingerprint density at radius 2 is 0.543 bits per heavy atom. The van der Waals surface area contributed by atoms with Gasteiger partial charge in [-0.15, -0.1) is 0 Å². The molecular weight excluding hydrogens is 1180 g/mol. The topological polar surface area (TPSA) is 249 Å². The Morgan fingerprint density at radius 1 is 0.298 bits per heavy atom. The Balaban J connectivity index is 1.66. The first kappa shape index (κ1) is 84.8. The third-order valence-corrected chi connectivity index (χ3v) is 21.6. The molecule has 0 aliphatic rings. The SMILES string of the molecule is O=C(CCC(CCCCCCCCC(CCCO)(CCCO)CCCO)(CCCCCCCCC(CCCO)(CCCO)CCCO)CCCCCCCCC(CCCO)(CCCO)CCCO)NCCCCCCNC(=O)OCc1c2ccccc2cc2ccccc12. The van der Waals surface area contributed by atoms with E-state index in [9.17, 15) is 55.5 Å². The van der Waals surface area contributed by atoms with Gasteiger partial charge in [-0.1, -0.05) is 177 Å². The number of fused-ring (bicyclic) bond motifs is 2. The molecule has 0 aliphatic heterocycles. The van der Waals surface area contributed by atoms with Gasteiger partial charge in [0.25, 0.3) is 0 Å². The van der Waals surface area contributed by atoms with E-state index in [4.69, 9.17) is 4.74 Å². The minimum absolute atomic E-state index is 0.0647. The molecule has 0 saturated carbocycles. The third kappa shape index (κ3) is 36.4. The summed E-state index contributed by atoms with van der Waals surface area (Å²) in [5, 5.41) is 98.4. The van der Waals surface area contributed by atoms with E-state index < -0.39 is 6.09 Å². The smallest absolute Gasteiger partial charge is 0.407 e. The first-order chi connectivity index (χ1) is 46.0. The molecule has 0 radical (unpaired) electrons. The van der Waals surface area contributed by atoms with Gasteiger partial charge in [0.1, 0.15) is 6.61 Å². The van der Waals surface area contributed by atoms with Gasteiger partial charge in [-0.05, 0) is 223 Å². The normalized spacial score (nSPS) is 12.4. The maximum absolute atomic E-state index is 13.9. The molecule has 0 heterocycles. The van der Waals surface area contributed by atoms with Crippen molar-refractivity contribution in [2.75, 3.05) is 72.6 Å². The lowest BCUT2D eigenvalue weighted by atomic mass is 9.70. The van der Waals surface area contributed by atoms with Crippen molar-refractivity contribution >= 4 is 33.5 Å². The monoisotopic (exact) mass is 1320 g/mol. The Bertz CT molecular complexity index is 2060. The first-order valence-corrected chi connectivity index (χ1v) is 38.6. The molecule has 542 valence electrons. The van der Waals surface area contributed by atoms with E-state index in [1.165, 1.54) is 57.8 Å². The highest BCUT2D eigenvalue weighted by Gasteiger charge is 2.32. The Hall–Kier alpha value is -3.44. The fourth-order valence-corrected chi connectivity index (χ4v) is 16.1. The molecule has 14 heteroatoms. The average molecular weight is 1320 g/mol. The van der Waals surface area contributed by atoms with Crippen LogP contribution in [0.4, 0.5) is 4.79 Å². The molecule has 3 aromatic rings. The summed E-state index contributed by atoms with van der Waals surface area (Å²) in [6.07, 6.45) is 47.3. The molecule has 0 aliphatic carbocycles. The second kappa shape index (κ2) is 54.5. The van der Waals surface area contributed by atoms with E-state index in [0.29, 0.717) is 19.5 Å². The number of aliphatic hydroxyl groups is 9. The number of aliphatic hydroxyl groups excluding tert-OH is 9. The summed E-state index contributed by atoms with van der Waals surface area (Å²) in [6.45, 7) is 2.90. The van der Waals surface area contributed by atoms with Gasteiger partial charge in [0.2, 0.25) is 5.91 Å². The van der Waals surface area contributed by atoms with Crippen LogP contribution in [0.1, 0.15) is 314 Å². The highest BCUT2D eigenvalue weighted by atomic mass is 16.5. The van der Waals surface area contributed by atoms with Crippen molar-refractivity contribution in [3.63, 3.8) is 0 Å². The number of benzene rings is 3. The minimum Gasteiger partial charge on any atom is -0.445 e. The number of hydrogen-bond donors (Lipinski definition) is 11. The quantitative estimate of drug-likeness (QED) is 0.0187. The summed E-state index contributed by atoms with van der Waals surface area (Å²) >= 11 is 0. The molecule has 3 aromatic carbocycles. The van der Waals surface area contributed by atoms with Gasteiger partial charge >= 0.3 is 6.09 Å². The van der Waals surface area contributed by atoms with Crippen molar-refractivity contribution in [3.05, 3.63) is 60.2 Å². The van der Waals surface area contributed by atoms with Gasteiger partial charge in [-0.2, -0.15) is 0 Å². The molecule has 3 rings (SSSR count).